The highest BCUT2D eigenvalue weighted by molar-refractivity contribution is 7.14. The minimum atomic E-state index is 0.727. The smallest absolute Gasteiger partial charge is 0.190 e. The van der Waals surface area contributed by atoms with Gasteiger partial charge in [-0.3, -0.25) is 0 Å². The Morgan fingerprint density at radius 1 is 1.23 bits per heavy atom. The predicted octanol–water partition coefficient (Wildman–Crippen LogP) is 4.71. The van der Waals surface area contributed by atoms with E-state index in [1.54, 1.807) is 29.8 Å². The fourth-order valence-corrected chi connectivity index (χ4v) is 3.92. The maximum atomic E-state index is 5.38. The van der Waals surface area contributed by atoms with E-state index in [0.29, 0.717) is 0 Å². The third-order valence-corrected chi connectivity index (χ3v) is 4.94. The Hall–Kier alpha value is -2.11. The zero-order valence-electron chi connectivity index (χ0n) is 12.2. The highest BCUT2D eigenvalue weighted by Gasteiger charge is 2.08. The summed E-state index contributed by atoms with van der Waals surface area (Å²) in [7, 11) is 1.66. The summed E-state index contributed by atoms with van der Waals surface area (Å²) in [6.07, 6.45) is 1.89. The molecule has 0 saturated heterocycles. The molecule has 0 aliphatic rings. The second kappa shape index (κ2) is 6.77. The van der Waals surface area contributed by atoms with E-state index in [2.05, 4.69) is 34.0 Å². The number of methoxy groups -OCH3 is 1. The molecule has 0 unspecified atom stereocenters. The Balaban J connectivity index is 2.15. The topological polar surface area (TPSA) is 26.5 Å². The molecule has 0 radical (unpaired) electrons. The zero-order valence-corrected chi connectivity index (χ0v) is 13.9. The van der Waals surface area contributed by atoms with Gasteiger partial charge in [0.25, 0.3) is 0 Å². The number of rotatable bonds is 5. The maximum absolute atomic E-state index is 5.38. The third-order valence-electron chi connectivity index (χ3n) is 3.18. The van der Waals surface area contributed by atoms with E-state index in [1.165, 1.54) is 10.6 Å². The number of thiazole rings is 1. The number of aromatic nitrogens is 1. The molecule has 0 aliphatic heterocycles. The van der Waals surface area contributed by atoms with Crippen molar-refractivity contribution in [3.05, 3.63) is 64.6 Å². The summed E-state index contributed by atoms with van der Waals surface area (Å²) in [4.78, 5) is 6.95. The summed E-state index contributed by atoms with van der Waals surface area (Å²) in [5.41, 5.74) is 2.01. The van der Waals surface area contributed by atoms with Gasteiger partial charge in [0, 0.05) is 11.9 Å². The Bertz CT molecular complexity index is 828. The van der Waals surface area contributed by atoms with E-state index < -0.39 is 0 Å². The second-order valence-electron chi connectivity index (χ2n) is 4.56. The van der Waals surface area contributed by atoms with Crippen molar-refractivity contribution in [1.29, 1.82) is 0 Å². The number of hydrogen-bond acceptors (Lipinski definition) is 4. The summed E-state index contributed by atoms with van der Waals surface area (Å²) in [5.74, 6) is 0.777. The molecular formula is C17H16N2OS2. The van der Waals surface area contributed by atoms with Gasteiger partial charge in [0.1, 0.15) is 11.4 Å². The molecule has 0 fully saturated rings. The van der Waals surface area contributed by atoms with E-state index in [9.17, 15) is 0 Å². The Morgan fingerprint density at radius 3 is 2.82 bits per heavy atom. The zero-order chi connectivity index (χ0) is 15.4. The summed E-state index contributed by atoms with van der Waals surface area (Å²) >= 11 is 3.36. The highest BCUT2D eigenvalue weighted by Crippen LogP contribution is 2.28. The van der Waals surface area contributed by atoms with E-state index >= 15 is 0 Å². The van der Waals surface area contributed by atoms with Gasteiger partial charge in [-0.25, -0.2) is 4.99 Å². The Kier molecular flexibility index (Phi) is 4.56. The predicted molar refractivity (Wildman–Crippen MR) is 94.0 cm³/mol. The summed E-state index contributed by atoms with van der Waals surface area (Å²) in [6.45, 7) is 4.59. The van der Waals surface area contributed by atoms with Gasteiger partial charge in [0.15, 0.2) is 4.80 Å². The molecule has 1 aromatic carbocycles. The lowest BCUT2D eigenvalue weighted by molar-refractivity contribution is 0.416. The lowest BCUT2D eigenvalue weighted by Crippen LogP contribution is -2.14. The normalized spacial score (nSPS) is 11.6. The van der Waals surface area contributed by atoms with Crippen LogP contribution in [-0.4, -0.2) is 11.7 Å². The first-order valence-corrected chi connectivity index (χ1v) is 8.60. The van der Waals surface area contributed by atoms with Gasteiger partial charge in [0.2, 0.25) is 0 Å². The number of ether oxygens (including phenoxy) is 1. The van der Waals surface area contributed by atoms with Crippen molar-refractivity contribution in [1.82, 2.24) is 4.57 Å². The fourth-order valence-electron chi connectivity index (χ4n) is 2.17. The number of para-hydroxylation sites is 2. The van der Waals surface area contributed by atoms with Crippen molar-refractivity contribution in [2.24, 2.45) is 4.99 Å². The fraction of sp³-hybridized carbons (Fsp3) is 0.118. The van der Waals surface area contributed by atoms with Crippen LogP contribution in [0.3, 0.4) is 0 Å². The number of hydrogen-bond donors (Lipinski definition) is 0. The van der Waals surface area contributed by atoms with E-state index in [1.807, 2.05) is 30.3 Å². The van der Waals surface area contributed by atoms with Crippen LogP contribution in [-0.2, 0) is 6.54 Å². The molecule has 0 aliphatic carbocycles. The van der Waals surface area contributed by atoms with Crippen molar-refractivity contribution >= 4 is 28.4 Å². The van der Waals surface area contributed by atoms with Crippen LogP contribution in [0.15, 0.2) is 64.8 Å². The van der Waals surface area contributed by atoms with Crippen LogP contribution in [0.2, 0.25) is 0 Å². The standard InChI is InChI=1S/C17H16N2OS2/c1-3-10-19-14(16-9-6-11-21-16)12-22-17(19)18-13-7-4-5-8-15(13)20-2/h3-9,11-12H,1,10H2,2H3. The summed E-state index contributed by atoms with van der Waals surface area (Å²) in [6, 6.07) is 12.0. The molecule has 0 spiro atoms. The number of thiophene rings is 1. The molecule has 0 bridgehead atoms. The highest BCUT2D eigenvalue weighted by atomic mass is 32.1. The molecule has 112 valence electrons. The third kappa shape index (κ3) is 2.91. The lowest BCUT2D eigenvalue weighted by Gasteiger charge is -2.05. The first kappa shape index (κ1) is 14.8. The van der Waals surface area contributed by atoms with Crippen LogP contribution in [0.4, 0.5) is 5.69 Å². The number of allylic oxidation sites excluding steroid dienone is 1. The second-order valence-corrected chi connectivity index (χ2v) is 6.35. The van der Waals surface area contributed by atoms with E-state index in [-0.39, 0.29) is 0 Å². The van der Waals surface area contributed by atoms with Crippen molar-refractivity contribution in [3.63, 3.8) is 0 Å². The Morgan fingerprint density at radius 2 is 2.09 bits per heavy atom. The summed E-state index contributed by atoms with van der Waals surface area (Å²) in [5, 5.41) is 4.23. The van der Waals surface area contributed by atoms with Gasteiger partial charge < -0.3 is 9.30 Å². The molecule has 0 N–H and O–H groups in total. The van der Waals surface area contributed by atoms with Crippen LogP contribution in [0.5, 0.6) is 5.75 Å². The minimum Gasteiger partial charge on any atom is -0.494 e. The molecule has 2 heterocycles. The minimum absolute atomic E-state index is 0.727. The average molecular weight is 328 g/mol. The number of nitrogens with zero attached hydrogens (tertiary/aromatic N) is 2. The first-order chi connectivity index (χ1) is 10.8. The van der Waals surface area contributed by atoms with Crippen LogP contribution in [0, 0.1) is 0 Å². The van der Waals surface area contributed by atoms with Crippen molar-refractivity contribution in [3.8, 4) is 16.3 Å². The molecular weight excluding hydrogens is 312 g/mol. The van der Waals surface area contributed by atoms with Crippen molar-refractivity contribution in [2.75, 3.05) is 7.11 Å². The molecule has 22 heavy (non-hydrogen) atoms. The largest absolute Gasteiger partial charge is 0.494 e. The van der Waals surface area contributed by atoms with Crippen LogP contribution in [0.25, 0.3) is 10.6 Å². The monoisotopic (exact) mass is 328 g/mol. The molecule has 5 heteroatoms. The maximum Gasteiger partial charge on any atom is 0.190 e. The van der Waals surface area contributed by atoms with Crippen LogP contribution in [0.1, 0.15) is 0 Å². The van der Waals surface area contributed by atoms with Gasteiger partial charge >= 0.3 is 0 Å². The molecule has 3 nitrogen and oxygen atoms in total. The van der Waals surface area contributed by atoms with E-state index in [0.717, 1.165) is 22.8 Å². The van der Waals surface area contributed by atoms with Crippen LogP contribution >= 0.6 is 22.7 Å². The lowest BCUT2D eigenvalue weighted by atomic mass is 10.3. The molecule has 0 amide bonds. The van der Waals surface area contributed by atoms with E-state index in [4.69, 9.17) is 9.73 Å². The van der Waals surface area contributed by atoms with Crippen LogP contribution < -0.4 is 9.54 Å². The SMILES string of the molecule is C=CCn1c(-c2cccs2)csc1=Nc1ccccc1OC. The summed E-state index contributed by atoms with van der Waals surface area (Å²) < 4.78 is 7.56. The van der Waals surface area contributed by atoms with Gasteiger partial charge in [-0.15, -0.1) is 29.3 Å². The molecule has 3 aromatic rings. The molecule has 0 atom stereocenters. The van der Waals surface area contributed by atoms with Gasteiger partial charge in [-0.05, 0) is 23.6 Å². The molecule has 0 saturated carbocycles. The quantitative estimate of drug-likeness (QED) is 0.623. The Labute approximate surface area is 137 Å². The average Bonchev–Trinajstić information content (AvgIpc) is 3.19. The van der Waals surface area contributed by atoms with Crippen molar-refractivity contribution < 1.29 is 4.74 Å². The van der Waals surface area contributed by atoms with Crippen molar-refractivity contribution in [2.45, 2.75) is 6.54 Å². The van der Waals surface area contributed by atoms with Gasteiger partial charge in [-0.2, -0.15) is 0 Å². The first-order valence-electron chi connectivity index (χ1n) is 6.84. The molecule has 2 aromatic heterocycles. The molecule has 3 rings (SSSR count). The van der Waals surface area contributed by atoms with Gasteiger partial charge in [-0.1, -0.05) is 24.3 Å². The number of benzene rings is 1. The van der Waals surface area contributed by atoms with Gasteiger partial charge in [0.05, 0.1) is 17.7 Å².